The third-order valence-corrected chi connectivity index (χ3v) is 4.03. The van der Waals surface area contributed by atoms with Crippen LogP contribution in [0.2, 0.25) is 0 Å². The Balaban J connectivity index is 1.55. The summed E-state index contributed by atoms with van der Waals surface area (Å²) < 4.78 is 0. The first-order chi connectivity index (χ1) is 9.33. The third-order valence-electron chi connectivity index (χ3n) is 4.03. The lowest BCUT2D eigenvalue weighted by Gasteiger charge is -2.25. The van der Waals surface area contributed by atoms with Crippen LogP contribution in [0.5, 0.6) is 0 Å². The Morgan fingerprint density at radius 2 is 1.95 bits per heavy atom. The highest BCUT2D eigenvalue weighted by Crippen LogP contribution is 2.26. The monoisotopic (exact) mass is 256 g/mol. The van der Waals surface area contributed by atoms with Crippen LogP contribution in [0, 0.1) is 0 Å². The molecule has 0 spiro atoms. The minimum absolute atomic E-state index is 0.224. The number of likely N-dealkylation sites (tertiary alicyclic amines) is 1. The number of fused-ring (bicyclic) bond motifs is 1. The van der Waals surface area contributed by atoms with Crippen LogP contribution < -0.4 is 0 Å². The number of para-hydroxylation sites is 1. The normalized spacial score (nSPS) is 19.1. The molecule has 19 heavy (non-hydrogen) atoms. The van der Waals surface area contributed by atoms with Crippen molar-refractivity contribution in [1.29, 1.82) is 0 Å². The molecule has 0 saturated carbocycles. The number of ketones is 1. The highest BCUT2D eigenvalue weighted by molar-refractivity contribution is 6.41. The van der Waals surface area contributed by atoms with Crippen molar-refractivity contribution in [3.8, 4) is 0 Å². The van der Waals surface area contributed by atoms with Gasteiger partial charge in [0.25, 0.3) is 0 Å². The van der Waals surface area contributed by atoms with Gasteiger partial charge in [0, 0.05) is 19.4 Å². The van der Waals surface area contributed by atoms with Gasteiger partial charge in [-0.1, -0.05) is 24.6 Å². The van der Waals surface area contributed by atoms with Crippen LogP contribution in [0.1, 0.15) is 31.2 Å². The van der Waals surface area contributed by atoms with Crippen molar-refractivity contribution in [3.05, 3.63) is 29.8 Å². The highest BCUT2D eigenvalue weighted by atomic mass is 16.1. The van der Waals surface area contributed by atoms with Gasteiger partial charge in [-0.25, -0.2) is 4.99 Å². The lowest BCUT2D eigenvalue weighted by atomic mass is 10.1. The maximum absolute atomic E-state index is 12.2. The minimum atomic E-state index is 0.224. The molecular weight excluding hydrogens is 236 g/mol. The van der Waals surface area contributed by atoms with E-state index in [1.165, 1.54) is 24.8 Å². The van der Waals surface area contributed by atoms with Gasteiger partial charge in [-0.2, -0.15) is 0 Å². The zero-order valence-electron chi connectivity index (χ0n) is 11.3. The Morgan fingerprint density at radius 1 is 1.16 bits per heavy atom. The number of piperidine rings is 1. The van der Waals surface area contributed by atoms with Gasteiger partial charge in [-0.05, 0) is 37.6 Å². The summed E-state index contributed by atoms with van der Waals surface area (Å²) in [6.07, 6.45) is 5.23. The van der Waals surface area contributed by atoms with Crippen molar-refractivity contribution < 1.29 is 4.79 Å². The molecule has 2 aliphatic heterocycles. The topological polar surface area (TPSA) is 32.7 Å². The first-order valence-electron chi connectivity index (χ1n) is 7.24. The molecule has 1 aromatic rings. The van der Waals surface area contributed by atoms with Crippen LogP contribution in [0.4, 0.5) is 5.69 Å². The zero-order chi connectivity index (χ0) is 13.1. The number of rotatable bonds is 4. The van der Waals surface area contributed by atoms with E-state index in [9.17, 15) is 4.79 Å². The van der Waals surface area contributed by atoms with E-state index in [2.05, 4.69) is 16.0 Å². The fraction of sp³-hybridized carbons (Fsp3) is 0.500. The number of hydrogen-bond acceptors (Lipinski definition) is 3. The second kappa shape index (κ2) is 5.66. The molecule has 1 fully saturated rings. The fourth-order valence-corrected chi connectivity index (χ4v) is 2.88. The molecule has 1 aromatic carbocycles. The second-order valence-electron chi connectivity index (χ2n) is 5.44. The van der Waals surface area contributed by atoms with E-state index in [-0.39, 0.29) is 5.78 Å². The SMILES string of the molecule is O=C(CCN1CCCCC1)C1=Nc2ccccc2C1. The van der Waals surface area contributed by atoms with E-state index in [0.717, 1.165) is 37.5 Å². The van der Waals surface area contributed by atoms with Crippen LogP contribution >= 0.6 is 0 Å². The van der Waals surface area contributed by atoms with E-state index in [1.807, 2.05) is 18.2 Å². The molecule has 1 saturated heterocycles. The van der Waals surface area contributed by atoms with Gasteiger partial charge >= 0.3 is 0 Å². The number of Topliss-reactive ketones (excluding diaryl/α,β-unsaturated/α-hetero) is 1. The van der Waals surface area contributed by atoms with E-state index in [0.29, 0.717) is 6.42 Å². The molecule has 2 aliphatic rings. The van der Waals surface area contributed by atoms with Crippen LogP contribution in [0.15, 0.2) is 29.3 Å². The summed E-state index contributed by atoms with van der Waals surface area (Å²) in [6.45, 7) is 3.20. The van der Waals surface area contributed by atoms with Gasteiger partial charge in [-0.15, -0.1) is 0 Å². The molecule has 3 rings (SSSR count). The molecule has 3 nitrogen and oxygen atoms in total. The molecule has 2 heterocycles. The van der Waals surface area contributed by atoms with Gasteiger partial charge in [-0.3, -0.25) is 4.79 Å². The predicted octanol–water partition coefficient (Wildman–Crippen LogP) is 2.76. The van der Waals surface area contributed by atoms with Gasteiger partial charge in [0.05, 0.1) is 11.4 Å². The fourth-order valence-electron chi connectivity index (χ4n) is 2.88. The minimum Gasteiger partial charge on any atom is -0.303 e. The summed E-state index contributed by atoms with van der Waals surface area (Å²) in [5, 5.41) is 0. The van der Waals surface area contributed by atoms with Crippen molar-refractivity contribution in [1.82, 2.24) is 4.90 Å². The highest BCUT2D eigenvalue weighted by Gasteiger charge is 2.20. The predicted molar refractivity (Wildman–Crippen MR) is 77.2 cm³/mol. The van der Waals surface area contributed by atoms with Crippen molar-refractivity contribution in [2.24, 2.45) is 4.99 Å². The van der Waals surface area contributed by atoms with E-state index in [4.69, 9.17) is 0 Å². The second-order valence-corrected chi connectivity index (χ2v) is 5.44. The largest absolute Gasteiger partial charge is 0.303 e. The van der Waals surface area contributed by atoms with Crippen LogP contribution in [0.25, 0.3) is 0 Å². The molecule has 0 amide bonds. The van der Waals surface area contributed by atoms with Crippen LogP contribution in [0.3, 0.4) is 0 Å². The standard InChI is InChI=1S/C16H20N2O/c19-16(8-11-18-9-4-1-5-10-18)15-12-13-6-2-3-7-14(13)17-15/h2-3,6-7H,1,4-5,8-12H2. The van der Waals surface area contributed by atoms with Crippen molar-refractivity contribution in [3.63, 3.8) is 0 Å². The maximum Gasteiger partial charge on any atom is 0.178 e. The number of aliphatic imine (C=N–C) groups is 1. The van der Waals surface area contributed by atoms with Crippen LogP contribution in [-0.2, 0) is 11.2 Å². The summed E-state index contributed by atoms with van der Waals surface area (Å²) in [5.41, 5.74) is 2.91. The quantitative estimate of drug-likeness (QED) is 0.829. The first kappa shape index (κ1) is 12.5. The third kappa shape index (κ3) is 2.92. The zero-order valence-corrected chi connectivity index (χ0v) is 11.3. The molecule has 0 atom stereocenters. The number of carbonyl (C=O) groups excluding carboxylic acids is 1. The summed E-state index contributed by atoms with van der Waals surface area (Å²) >= 11 is 0. The molecule has 0 aliphatic carbocycles. The maximum atomic E-state index is 12.2. The van der Waals surface area contributed by atoms with Crippen molar-refractivity contribution in [2.75, 3.05) is 19.6 Å². The number of hydrogen-bond donors (Lipinski definition) is 0. The molecule has 0 bridgehead atoms. The van der Waals surface area contributed by atoms with E-state index < -0.39 is 0 Å². The smallest absolute Gasteiger partial charge is 0.178 e. The molecule has 100 valence electrons. The van der Waals surface area contributed by atoms with Gasteiger partial charge in [0.1, 0.15) is 0 Å². The lowest BCUT2D eigenvalue weighted by Crippen LogP contribution is -2.32. The van der Waals surface area contributed by atoms with Gasteiger partial charge < -0.3 is 4.90 Å². The molecule has 0 aromatic heterocycles. The lowest BCUT2D eigenvalue weighted by molar-refractivity contribution is -0.113. The molecule has 3 heteroatoms. The molecule has 0 radical (unpaired) electrons. The first-order valence-corrected chi connectivity index (χ1v) is 7.24. The molecule has 0 N–H and O–H groups in total. The number of benzene rings is 1. The number of nitrogens with zero attached hydrogens (tertiary/aromatic N) is 2. The summed E-state index contributed by atoms with van der Waals surface area (Å²) in [7, 11) is 0. The average molecular weight is 256 g/mol. The Hall–Kier alpha value is -1.48. The summed E-state index contributed by atoms with van der Waals surface area (Å²) in [4.78, 5) is 19.1. The summed E-state index contributed by atoms with van der Waals surface area (Å²) in [6, 6.07) is 8.03. The average Bonchev–Trinajstić information content (AvgIpc) is 2.90. The van der Waals surface area contributed by atoms with E-state index >= 15 is 0 Å². The Bertz CT molecular complexity index is 501. The molecule has 0 unspecified atom stereocenters. The van der Waals surface area contributed by atoms with Gasteiger partial charge in [0.2, 0.25) is 0 Å². The summed E-state index contributed by atoms with van der Waals surface area (Å²) in [5.74, 6) is 0.224. The Kier molecular flexibility index (Phi) is 3.74. The Labute approximate surface area is 114 Å². The Morgan fingerprint density at radius 3 is 2.74 bits per heavy atom. The van der Waals surface area contributed by atoms with Crippen molar-refractivity contribution in [2.45, 2.75) is 32.1 Å². The van der Waals surface area contributed by atoms with Crippen LogP contribution in [-0.4, -0.2) is 36.0 Å². The number of carbonyl (C=O) groups is 1. The van der Waals surface area contributed by atoms with Crippen molar-refractivity contribution >= 4 is 17.2 Å². The van der Waals surface area contributed by atoms with Gasteiger partial charge in [0.15, 0.2) is 5.78 Å². The van der Waals surface area contributed by atoms with E-state index in [1.54, 1.807) is 0 Å². The molecular formula is C16H20N2O.